The van der Waals surface area contributed by atoms with Gasteiger partial charge in [0.25, 0.3) is 0 Å². The highest BCUT2D eigenvalue weighted by molar-refractivity contribution is 7.08. The molecule has 0 aromatic carbocycles. The molecule has 0 unspecified atom stereocenters. The molecule has 2 aliphatic rings. The molecule has 0 radical (unpaired) electrons. The lowest BCUT2D eigenvalue weighted by Gasteiger charge is -2.33. The lowest BCUT2D eigenvalue weighted by atomic mass is 9.97. The molecular weight excluding hydrogens is 340 g/mol. The van der Waals surface area contributed by atoms with Crippen molar-refractivity contribution in [1.82, 2.24) is 20.0 Å². The predicted molar refractivity (Wildman–Crippen MR) is 93.4 cm³/mol. The largest absolute Gasteiger partial charge is 0.420 e. The Morgan fingerprint density at radius 3 is 2.72 bits per heavy atom. The van der Waals surface area contributed by atoms with Crippen LogP contribution in [0.1, 0.15) is 24.7 Å². The Hall–Kier alpha value is -1.77. The van der Waals surface area contributed by atoms with Gasteiger partial charge >= 0.3 is 0 Å². The van der Waals surface area contributed by atoms with E-state index in [0.29, 0.717) is 38.7 Å². The minimum Gasteiger partial charge on any atom is -0.420 e. The molecule has 0 atom stereocenters. The summed E-state index contributed by atoms with van der Waals surface area (Å²) in [6.45, 7) is 4.99. The summed E-state index contributed by atoms with van der Waals surface area (Å²) in [6.07, 6.45) is 1.89. The van der Waals surface area contributed by atoms with Crippen LogP contribution < -0.4 is 0 Å². The van der Waals surface area contributed by atoms with Crippen LogP contribution in [0.4, 0.5) is 0 Å². The van der Waals surface area contributed by atoms with Crippen molar-refractivity contribution in [3.63, 3.8) is 0 Å². The second-order valence-electron chi connectivity index (χ2n) is 6.50. The van der Waals surface area contributed by atoms with Crippen molar-refractivity contribution in [3.05, 3.63) is 22.7 Å². The summed E-state index contributed by atoms with van der Waals surface area (Å²) >= 11 is 1.62. The third-order valence-electron chi connectivity index (χ3n) is 4.87. The van der Waals surface area contributed by atoms with Crippen molar-refractivity contribution < 1.29 is 13.9 Å². The Kier molecular flexibility index (Phi) is 5.09. The summed E-state index contributed by atoms with van der Waals surface area (Å²) in [5.41, 5.74) is 0.984. The van der Waals surface area contributed by atoms with Crippen LogP contribution >= 0.6 is 11.3 Å². The summed E-state index contributed by atoms with van der Waals surface area (Å²) in [7, 11) is 0. The van der Waals surface area contributed by atoms with Gasteiger partial charge in [0.2, 0.25) is 17.7 Å². The first-order chi connectivity index (χ1) is 12.3. The molecule has 2 aromatic heterocycles. The second-order valence-corrected chi connectivity index (χ2v) is 7.28. The molecule has 0 spiro atoms. The van der Waals surface area contributed by atoms with Gasteiger partial charge in [0.1, 0.15) is 0 Å². The van der Waals surface area contributed by atoms with E-state index >= 15 is 0 Å². The fraction of sp³-hybridized carbons (Fsp3) is 0.588. The molecule has 0 aliphatic carbocycles. The predicted octanol–water partition coefficient (Wildman–Crippen LogP) is 1.84. The van der Waals surface area contributed by atoms with Crippen LogP contribution in [-0.2, 0) is 9.53 Å². The highest BCUT2D eigenvalue weighted by atomic mass is 32.1. The molecule has 0 bridgehead atoms. The number of likely N-dealkylation sites (tertiary alicyclic amines) is 1. The topological polar surface area (TPSA) is 71.7 Å². The van der Waals surface area contributed by atoms with Gasteiger partial charge in [-0.15, -0.1) is 10.2 Å². The zero-order chi connectivity index (χ0) is 17.1. The number of morpholine rings is 1. The van der Waals surface area contributed by atoms with Crippen LogP contribution in [-0.4, -0.2) is 71.8 Å². The van der Waals surface area contributed by atoms with Gasteiger partial charge in [-0.25, -0.2) is 0 Å². The summed E-state index contributed by atoms with van der Waals surface area (Å²) in [6, 6.07) is 1.99. The fourth-order valence-electron chi connectivity index (χ4n) is 3.34. The fourth-order valence-corrected chi connectivity index (χ4v) is 3.97. The average molecular weight is 362 g/mol. The van der Waals surface area contributed by atoms with Gasteiger partial charge in [-0.3, -0.25) is 9.69 Å². The number of hydrogen-bond donors (Lipinski definition) is 0. The number of amides is 1. The van der Waals surface area contributed by atoms with Crippen molar-refractivity contribution in [2.75, 3.05) is 45.9 Å². The highest BCUT2D eigenvalue weighted by Crippen LogP contribution is 2.29. The first kappa shape index (κ1) is 16.7. The number of thiophene rings is 1. The molecule has 2 aliphatic heterocycles. The van der Waals surface area contributed by atoms with E-state index in [1.807, 2.05) is 21.7 Å². The van der Waals surface area contributed by atoms with Crippen molar-refractivity contribution in [2.24, 2.45) is 0 Å². The number of rotatable bonds is 4. The molecule has 7 nitrogen and oxygen atoms in total. The molecule has 2 fully saturated rings. The Balaban J connectivity index is 1.29. The number of carbonyl (C=O) groups is 1. The number of carbonyl (C=O) groups excluding carboxylic acids is 1. The van der Waals surface area contributed by atoms with E-state index in [1.54, 1.807) is 11.3 Å². The summed E-state index contributed by atoms with van der Waals surface area (Å²) in [5, 5.41) is 12.4. The van der Waals surface area contributed by atoms with E-state index in [-0.39, 0.29) is 11.8 Å². The standard InChI is InChI=1S/C17H22N4O3S/c22-15(21-6-8-23-9-7-21)11-20-4-1-13(2-5-20)16-18-19-17(24-16)14-3-10-25-12-14/h3,10,12-13H,1-2,4-9,11H2. The molecular formula is C17H22N4O3S. The lowest BCUT2D eigenvalue weighted by Crippen LogP contribution is -2.47. The van der Waals surface area contributed by atoms with Gasteiger partial charge in [0.15, 0.2) is 0 Å². The maximum Gasteiger partial charge on any atom is 0.248 e. The van der Waals surface area contributed by atoms with E-state index in [2.05, 4.69) is 15.1 Å². The molecule has 1 amide bonds. The van der Waals surface area contributed by atoms with Gasteiger partial charge in [-0.1, -0.05) is 0 Å². The summed E-state index contributed by atoms with van der Waals surface area (Å²) in [5.74, 6) is 1.82. The molecule has 0 saturated carbocycles. The zero-order valence-electron chi connectivity index (χ0n) is 14.1. The number of nitrogens with zero attached hydrogens (tertiary/aromatic N) is 4. The molecule has 8 heteroatoms. The number of ether oxygens (including phenoxy) is 1. The van der Waals surface area contributed by atoms with Crippen LogP contribution in [0, 0.1) is 0 Å². The van der Waals surface area contributed by atoms with Crippen LogP contribution in [0.25, 0.3) is 11.5 Å². The van der Waals surface area contributed by atoms with Crippen molar-refractivity contribution in [3.8, 4) is 11.5 Å². The first-order valence-electron chi connectivity index (χ1n) is 8.73. The Morgan fingerprint density at radius 2 is 2.00 bits per heavy atom. The third kappa shape index (κ3) is 3.91. The Morgan fingerprint density at radius 1 is 1.20 bits per heavy atom. The smallest absolute Gasteiger partial charge is 0.248 e. The van der Waals surface area contributed by atoms with E-state index in [4.69, 9.17) is 9.15 Å². The van der Waals surface area contributed by atoms with Crippen molar-refractivity contribution in [2.45, 2.75) is 18.8 Å². The Bertz CT molecular complexity index is 689. The van der Waals surface area contributed by atoms with Crippen molar-refractivity contribution in [1.29, 1.82) is 0 Å². The van der Waals surface area contributed by atoms with E-state index in [9.17, 15) is 4.79 Å². The summed E-state index contributed by atoms with van der Waals surface area (Å²) < 4.78 is 11.2. The molecule has 4 rings (SSSR count). The number of aromatic nitrogens is 2. The molecule has 25 heavy (non-hydrogen) atoms. The molecule has 4 heterocycles. The van der Waals surface area contributed by atoms with Crippen molar-refractivity contribution >= 4 is 17.2 Å². The van der Waals surface area contributed by atoms with Gasteiger partial charge in [-0.05, 0) is 37.4 Å². The monoisotopic (exact) mass is 362 g/mol. The average Bonchev–Trinajstić information content (AvgIpc) is 3.35. The minimum atomic E-state index is 0.208. The minimum absolute atomic E-state index is 0.208. The summed E-state index contributed by atoms with van der Waals surface area (Å²) in [4.78, 5) is 16.5. The molecule has 2 aromatic rings. The first-order valence-corrected chi connectivity index (χ1v) is 9.68. The van der Waals surface area contributed by atoms with Gasteiger partial charge in [-0.2, -0.15) is 11.3 Å². The SMILES string of the molecule is O=C(CN1CCC(c2nnc(-c3ccsc3)o2)CC1)N1CCOCC1. The molecule has 134 valence electrons. The second kappa shape index (κ2) is 7.63. The van der Waals surface area contributed by atoms with Gasteiger partial charge in [0, 0.05) is 30.0 Å². The zero-order valence-corrected chi connectivity index (χ0v) is 14.9. The highest BCUT2D eigenvalue weighted by Gasteiger charge is 2.27. The van der Waals surface area contributed by atoms with Crippen LogP contribution in [0.2, 0.25) is 0 Å². The van der Waals surface area contributed by atoms with Crippen LogP contribution in [0.3, 0.4) is 0 Å². The van der Waals surface area contributed by atoms with E-state index < -0.39 is 0 Å². The number of hydrogen-bond acceptors (Lipinski definition) is 7. The Labute approximate surface area is 150 Å². The van der Waals surface area contributed by atoms with E-state index in [1.165, 1.54) is 0 Å². The van der Waals surface area contributed by atoms with Gasteiger partial charge < -0.3 is 14.1 Å². The maximum absolute atomic E-state index is 12.3. The normalized spacial score (nSPS) is 20.1. The lowest BCUT2D eigenvalue weighted by molar-refractivity contribution is -0.136. The van der Waals surface area contributed by atoms with Crippen LogP contribution in [0.5, 0.6) is 0 Å². The molecule has 2 saturated heterocycles. The molecule has 0 N–H and O–H groups in total. The number of piperidine rings is 1. The quantitative estimate of drug-likeness (QED) is 0.826. The third-order valence-corrected chi connectivity index (χ3v) is 5.55. The van der Waals surface area contributed by atoms with Crippen LogP contribution in [0.15, 0.2) is 21.2 Å². The van der Waals surface area contributed by atoms with E-state index in [0.717, 1.165) is 37.4 Å². The van der Waals surface area contributed by atoms with Gasteiger partial charge in [0.05, 0.1) is 19.8 Å². The maximum atomic E-state index is 12.3.